The maximum Gasteiger partial charge on any atom is 0.244 e. The number of para-hydroxylation sites is 1. The van der Waals surface area contributed by atoms with Gasteiger partial charge in [-0.05, 0) is 49.8 Å². The Hall–Kier alpha value is -2.33. The van der Waals surface area contributed by atoms with Crippen LogP contribution in [0.15, 0.2) is 60.2 Å². The standard InChI is InChI=1S/C27H38N2O2.ClH/c1-22(2)21-28-26(30)20-23(3)14-10-8-6-4-5-7-9-13-19-31-27-18-17-24-15-11-12-16-25(24)29-27;/h10-12,14-18,20,22H,4-9,13,19,21H2,1-3H3,(H,28,30);1H. The van der Waals surface area contributed by atoms with Gasteiger partial charge in [-0.15, -0.1) is 12.4 Å². The van der Waals surface area contributed by atoms with Crippen molar-refractivity contribution >= 4 is 29.2 Å². The van der Waals surface area contributed by atoms with Gasteiger partial charge < -0.3 is 10.1 Å². The number of amides is 1. The zero-order valence-corrected chi connectivity index (χ0v) is 20.6. The Kier molecular flexibility index (Phi) is 14.1. The second-order valence-corrected chi connectivity index (χ2v) is 8.53. The lowest BCUT2D eigenvalue weighted by atomic mass is 10.1. The van der Waals surface area contributed by atoms with E-state index in [2.05, 4.69) is 42.4 Å². The Morgan fingerprint density at radius 2 is 1.75 bits per heavy atom. The summed E-state index contributed by atoms with van der Waals surface area (Å²) in [5, 5.41) is 4.05. The van der Waals surface area contributed by atoms with E-state index in [1.807, 2.05) is 37.3 Å². The van der Waals surface area contributed by atoms with Crippen molar-refractivity contribution in [1.29, 1.82) is 0 Å². The van der Waals surface area contributed by atoms with Crippen molar-refractivity contribution in [3.8, 4) is 5.88 Å². The number of hydrogen-bond acceptors (Lipinski definition) is 3. The van der Waals surface area contributed by atoms with Crippen LogP contribution >= 0.6 is 12.4 Å². The van der Waals surface area contributed by atoms with Crippen LogP contribution in [0.1, 0.15) is 65.7 Å². The fourth-order valence-corrected chi connectivity index (χ4v) is 3.26. The van der Waals surface area contributed by atoms with Gasteiger partial charge in [0.1, 0.15) is 0 Å². The lowest BCUT2D eigenvalue weighted by Gasteiger charge is -2.06. The van der Waals surface area contributed by atoms with E-state index in [4.69, 9.17) is 4.74 Å². The highest BCUT2D eigenvalue weighted by atomic mass is 35.5. The van der Waals surface area contributed by atoms with E-state index in [9.17, 15) is 4.79 Å². The monoisotopic (exact) mass is 458 g/mol. The number of ether oxygens (including phenoxy) is 1. The number of unbranched alkanes of at least 4 members (excludes halogenated alkanes) is 6. The molecular formula is C27H39ClN2O2. The molecule has 176 valence electrons. The molecule has 2 rings (SSSR count). The molecule has 32 heavy (non-hydrogen) atoms. The molecular weight excluding hydrogens is 420 g/mol. The van der Waals surface area contributed by atoms with Gasteiger partial charge in [-0.1, -0.05) is 69.9 Å². The Bertz CT molecular complexity index is 862. The van der Waals surface area contributed by atoms with E-state index in [1.165, 1.54) is 32.1 Å². The second kappa shape index (κ2) is 16.3. The molecule has 5 heteroatoms. The number of benzene rings is 1. The highest BCUT2D eigenvalue weighted by Crippen LogP contribution is 2.16. The average molecular weight is 459 g/mol. The molecule has 0 saturated carbocycles. The average Bonchev–Trinajstić information content (AvgIpc) is 2.76. The fourth-order valence-electron chi connectivity index (χ4n) is 3.26. The van der Waals surface area contributed by atoms with Crippen LogP contribution in [0.25, 0.3) is 10.9 Å². The van der Waals surface area contributed by atoms with Crippen molar-refractivity contribution < 1.29 is 9.53 Å². The summed E-state index contributed by atoms with van der Waals surface area (Å²) >= 11 is 0. The van der Waals surface area contributed by atoms with Crippen LogP contribution in [0.3, 0.4) is 0 Å². The van der Waals surface area contributed by atoms with Gasteiger partial charge in [0, 0.05) is 24.1 Å². The molecule has 4 nitrogen and oxygen atoms in total. The van der Waals surface area contributed by atoms with Crippen molar-refractivity contribution in [2.75, 3.05) is 13.2 Å². The number of carbonyl (C=O) groups excluding carboxylic acids is 1. The van der Waals surface area contributed by atoms with Gasteiger partial charge in [0.2, 0.25) is 11.8 Å². The van der Waals surface area contributed by atoms with Gasteiger partial charge in [0.05, 0.1) is 12.1 Å². The van der Waals surface area contributed by atoms with Crippen molar-refractivity contribution in [2.45, 2.75) is 65.7 Å². The number of nitrogens with zero attached hydrogens (tertiary/aromatic N) is 1. The fraction of sp³-hybridized carbons (Fsp3) is 0.481. The summed E-state index contributed by atoms with van der Waals surface area (Å²) in [6.45, 7) is 7.60. The van der Waals surface area contributed by atoms with Crippen LogP contribution in [0.2, 0.25) is 0 Å². The summed E-state index contributed by atoms with van der Waals surface area (Å²) in [4.78, 5) is 16.3. The zero-order chi connectivity index (χ0) is 22.3. The van der Waals surface area contributed by atoms with Gasteiger partial charge in [-0.2, -0.15) is 0 Å². The van der Waals surface area contributed by atoms with Crippen LogP contribution in [0.5, 0.6) is 5.88 Å². The third-order valence-corrected chi connectivity index (χ3v) is 5.01. The molecule has 1 heterocycles. The van der Waals surface area contributed by atoms with Crippen LogP contribution in [0, 0.1) is 5.92 Å². The lowest BCUT2D eigenvalue weighted by molar-refractivity contribution is -0.116. The first-order valence-corrected chi connectivity index (χ1v) is 11.7. The number of carbonyl (C=O) groups is 1. The predicted octanol–water partition coefficient (Wildman–Crippen LogP) is 7.04. The molecule has 0 aliphatic rings. The molecule has 1 aromatic heterocycles. The van der Waals surface area contributed by atoms with E-state index in [0.29, 0.717) is 11.8 Å². The Balaban J connectivity index is 0.00000512. The van der Waals surface area contributed by atoms with Crippen molar-refractivity contribution in [3.63, 3.8) is 0 Å². The maximum absolute atomic E-state index is 11.7. The summed E-state index contributed by atoms with van der Waals surface area (Å²) in [6.07, 6.45) is 14.2. The molecule has 0 aliphatic heterocycles. The quantitative estimate of drug-likeness (QED) is 0.187. The second-order valence-electron chi connectivity index (χ2n) is 8.53. The van der Waals surface area contributed by atoms with E-state index < -0.39 is 0 Å². The van der Waals surface area contributed by atoms with Gasteiger partial charge in [-0.25, -0.2) is 4.98 Å². The number of allylic oxidation sites excluding steroid dienone is 3. The first kappa shape index (κ1) is 27.7. The largest absolute Gasteiger partial charge is 0.478 e. The number of halogens is 1. The molecule has 0 atom stereocenters. The van der Waals surface area contributed by atoms with E-state index in [1.54, 1.807) is 6.08 Å². The minimum absolute atomic E-state index is 0. The zero-order valence-electron chi connectivity index (χ0n) is 19.8. The maximum atomic E-state index is 11.7. The van der Waals surface area contributed by atoms with E-state index in [0.717, 1.165) is 42.5 Å². The smallest absolute Gasteiger partial charge is 0.244 e. The van der Waals surface area contributed by atoms with E-state index >= 15 is 0 Å². The summed E-state index contributed by atoms with van der Waals surface area (Å²) in [5.41, 5.74) is 1.98. The first-order valence-electron chi connectivity index (χ1n) is 11.7. The third-order valence-electron chi connectivity index (χ3n) is 5.01. The van der Waals surface area contributed by atoms with Crippen LogP contribution in [-0.4, -0.2) is 24.0 Å². The molecule has 0 aliphatic carbocycles. The number of aromatic nitrogens is 1. The molecule has 0 unspecified atom stereocenters. The minimum Gasteiger partial charge on any atom is -0.478 e. The first-order chi connectivity index (χ1) is 15.0. The normalized spacial score (nSPS) is 11.7. The molecule has 0 radical (unpaired) electrons. The Morgan fingerprint density at radius 1 is 1.03 bits per heavy atom. The Labute approximate surface area is 200 Å². The third kappa shape index (κ3) is 11.9. The molecule has 0 bridgehead atoms. The molecule has 2 aromatic rings. The molecule has 0 spiro atoms. The number of nitrogens with one attached hydrogen (secondary N) is 1. The van der Waals surface area contributed by atoms with Gasteiger partial charge >= 0.3 is 0 Å². The lowest BCUT2D eigenvalue weighted by Crippen LogP contribution is -2.25. The van der Waals surface area contributed by atoms with Crippen molar-refractivity contribution in [2.24, 2.45) is 5.92 Å². The van der Waals surface area contributed by atoms with Gasteiger partial charge in [-0.3, -0.25) is 4.79 Å². The highest BCUT2D eigenvalue weighted by Gasteiger charge is 2.00. The van der Waals surface area contributed by atoms with Crippen LogP contribution < -0.4 is 10.1 Å². The molecule has 0 saturated heterocycles. The number of fused-ring (bicyclic) bond motifs is 1. The SMILES string of the molecule is CC(C=CCCCCCCCCOc1ccc2ccccc2n1)=CC(=O)NCC(C)C.Cl. The molecule has 1 amide bonds. The van der Waals surface area contributed by atoms with Crippen LogP contribution in [0.4, 0.5) is 0 Å². The van der Waals surface area contributed by atoms with Crippen molar-refractivity contribution in [1.82, 2.24) is 10.3 Å². The predicted molar refractivity (Wildman–Crippen MR) is 138 cm³/mol. The van der Waals surface area contributed by atoms with Crippen molar-refractivity contribution in [3.05, 3.63) is 60.2 Å². The van der Waals surface area contributed by atoms with E-state index in [-0.39, 0.29) is 18.3 Å². The summed E-state index contributed by atoms with van der Waals surface area (Å²) < 4.78 is 5.80. The molecule has 1 N–H and O–H groups in total. The highest BCUT2D eigenvalue weighted by molar-refractivity contribution is 5.88. The van der Waals surface area contributed by atoms with Gasteiger partial charge in [0.15, 0.2) is 0 Å². The minimum atomic E-state index is -0.00349. The summed E-state index contributed by atoms with van der Waals surface area (Å²) in [6, 6.07) is 12.1. The van der Waals surface area contributed by atoms with Gasteiger partial charge in [0.25, 0.3) is 0 Å². The number of hydrogen-bond donors (Lipinski definition) is 1. The Morgan fingerprint density at radius 3 is 2.53 bits per heavy atom. The van der Waals surface area contributed by atoms with Crippen LogP contribution in [-0.2, 0) is 4.79 Å². The molecule has 1 aromatic carbocycles. The summed E-state index contributed by atoms with van der Waals surface area (Å²) in [7, 11) is 0. The summed E-state index contributed by atoms with van der Waals surface area (Å²) in [5.74, 6) is 1.19. The topological polar surface area (TPSA) is 51.2 Å². The molecule has 0 fully saturated rings. The number of pyridine rings is 1. The number of rotatable bonds is 14.